The number of carbonyl (C=O) groups excluding carboxylic acids is 1. The summed E-state index contributed by atoms with van der Waals surface area (Å²) in [5.74, 6) is 1.29. The van der Waals surface area contributed by atoms with E-state index in [2.05, 4.69) is 5.32 Å². The Balaban J connectivity index is 2.00. The third-order valence-electron chi connectivity index (χ3n) is 4.10. The van der Waals surface area contributed by atoms with Gasteiger partial charge in [-0.3, -0.25) is 4.79 Å². The molecule has 0 aliphatic carbocycles. The molecular weight excluding hydrogens is 302 g/mol. The Hall–Kier alpha value is -2.49. The first kappa shape index (κ1) is 17.9. The fourth-order valence-electron chi connectivity index (χ4n) is 2.62. The molecule has 2 aromatic carbocycles. The lowest BCUT2D eigenvalue weighted by molar-refractivity contribution is -0.125. The predicted octanol–water partition coefficient (Wildman–Crippen LogP) is 3.76. The molecule has 1 amide bonds. The third-order valence-corrected chi connectivity index (χ3v) is 4.10. The predicted molar refractivity (Wildman–Crippen MR) is 95.4 cm³/mol. The van der Waals surface area contributed by atoms with E-state index in [1.54, 1.807) is 14.2 Å². The lowest BCUT2D eigenvalue weighted by Crippen LogP contribution is -2.32. The van der Waals surface area contributed by atoms with E-state index in [-0.39, 0.29) is 17.9 Å². The molecule has 2 aromatic rings. The summed E-state index contributed by atoms with van der Waals surface area (Å²) < 4.78 is 10.6. The fourth-order valence-corrected chi connectivity index (χ4v) is 2.62. The van der Waals surface area contributed by atoms with Crippen molar-refractivity contribution >= 4 is 5.91 Å². The lowest BCUT2D eigenvalue weighted by atomic mass is 9.99. The van der Waals surface area contributed by atoms with Crippen LogP contribution in [0.5, 0.6) is 11.5 Å². The van der Waals surface area contributed by atoms with Crippen molar-refractivity contribution in [2.24, 2.45) is 5.92 Å². The summed E-state index contributed by atoms with van der Waals surface area (Å²) in [6, 6.07) is 15.6. The zero-order chi connectivity index (χ0) is 17.5. The van der Waals surface area contributed by atoms with Crippen LogP contribution in [0.15, 0.2) is 48.5 Å². The Morgan fingerprint density at radius 2 is 1.67 bits per heavy atom. The van der Waals surface area contributed by atoms with Gasteiger partial charge in [-0.1, -0.05) is 43.3 Å². The quantitative estimate of drug-likeness (QED) is 0.842. The number of hydrogen-bond donors (Lipinski definition) is 1. The van der Waals surface area contributed by atoms with E-state index in [4.69, 9.17) is 9.47 Å². The van der Waals surface area contributed by atoms with Gasteiger partial charge in [0.2, 0.25) is 5.91 Å². The van der Waals surface area contributed by atoms with E-state index in [1.165, 1.54) is 5.56 Å². The minimum Gasteiger partial charge on any atom is -0.493 e. The smallest absolute Gasteiger partial charge is 0.223 e. The van der Waals surface area contributed by atoms with Crippen molar-refractivity contribution in [3.05, 3.63) is 59.7 Å². The van der Waals surface area contributed by atoms with Gasteiger partial charge in [-0.25, -0.2) is 0 Å². The zero-order valence-corrected chi connectivity index (χ0v) is 14.7. The molecule has 0 aromatic heterocycles. The van der Waals surface area contributed by atoms with E-state index >= 15 is 0 Å². The molecule has 0 aliphatic rings. The van der Waals surface area contributed by atoms with Crippen LogP contribution in [0.1, 0.15) is 31.0 Å². The Morgan fingerprint density at radius 1 is 1.00 bits per heavy atom. The minimum atomic E-state index is -0.101. The van der Waals surface area contributed by atoms with E-state index in [0.717, 1.165) is 12.0 Å². The fraction of sp³-hybridized carbons (Fsp3) is 0.350. The number of carbonyl (C=O) groups is 1. The molecule has 0 radical (unpaired) electrons. The highest BCUT2D eigenvalue weighted by Crippen LogP contribution is 2.30. The second-order valence-corrected chi connectivity index (χ2v) is 5.94. The molecule has 2 atom stereocenters. The van der Waals surface area contributed by atoms with Crippen molar-refractivity contribution in [3.8, 4) is 11.5 Å². The summed E-state index contributed by atoms with van der Waals surface area (Å²) in [4.78, 5) is 12.4. The molecule has 0 fully saturated rings. The Morgan fingerprint density at radius 3 is 2.29 bits per heavy atom. The van der Waals surface area contributed by atoms with E-state index in [1.807, 2.05) is 62.4 Å². The maximum atomic E-state index is 12.4. The summed E-state index contributed by atoms with van der Waals surface area (Å²) in [7, 11) is 3.21. The second-order valence-electron chi connectivity index (χ2n) is 5.94. The molecule has 4 heteroatoms. The van der Waals surface area contributed by atoms with Crippen LogP contribution in [0.2, 0.25) is 0 Å². The van der Waals surface area contributed by atoms with E-state index in [0.29, 0.717) is 11.5 Å². The SMILES string of the molecule is COc1ccc(C(C)NC(=O)C(C)Cc2ccccc2)cc1OC. The van der Waals surface area contributed by atoms with Gasteiger partial charge in [0.25, 0.3) is 0 Å². The van der Waals surface area contributed by atoms with Crippen LogP contribution in [0.4, 0.5) is 0 Å². The highest BCUT2D eigenvalue weighted by molar-refractivity contribution is 5.79. The number of benzene rings is 2. The number of nitrogens with one attached hydrogen (secondary N) is 1. The summed E-state index contributed by atoms with van der Waals surface area (Å²) in [5.41, 5.74) is 2.15. The molecule has 0 spiro atoms. The first-order valence-corrected chi connectivity index (χ1v) is 8.11. The van der Waals surface area contributed by atoms with Crippen molar-refractivity contribution in [3.63, 3.8) is 0 Å². The molecule has 0 aliphatic heterocycles. The molecule has 2 rings (SSSR count). The molecule has 24 heavy (non-hydrogen) atoms. The first-order chi connectivity index (χ1) is 11.5. The molecule has 2 unspecified atom stereocenters. The van der Waals surface area contributed by atoms with E-state index < -0.39 is 0 Å². The molecule has 0 bridgehead atoms. The zero-order valence-electron chi connectivity index (χ0n) is 14.7. The Kier molecular flexibility index (Phi) is 6.24. The molecule has 0 heterocycles. The Labute approximate surface area is 143 Å². The van der Waals surface area contributed by atoms with Crippen LogP contribution in [0.25, 0.3) is 0 Å². The average molecular weight is 327 g/mol. The van der Waals surface area contributed by atoms with Gasteiger partial charge in [0, 0.05) is 5.92 Å². The van der Waals surface area contributed by atoms with Crippen molar-refractivity contribution in [2.75, 3.05) is 14.2 Å². The third kappa shape index (κ3) is 4.51. The number of amides is 1. The van der Waals surface area contributed by atoms with Crippen LogP contribution >= 0.6 is 0 Å². The largest absolute Gasteiger partial charge is 0.493 e. The minimum absolute atomic E-state index is 0.0427. The van der Waals surface area contributed by atoms with Gasteiger partial charge in [0.15, 0.2) is 11.5 Å². The van der Waals surface area contributed by atoms with Gasteiger partial charge in [-0.05, 0) is 36.6 Å². The van der Waals surface area contributed by atoms with Gasteiger partial charge in [0.1, 0.15) is 0 Å². The maximum Gasteiger partial charge on any atom is 0.223 e. The summed E-state index contributed by atoms with van der Waals surface area (Å²) in [6.07, 6.45) is 0.728. The Bertz CT molecular complexity index is 670. The second kappa shape index (κ2) is 8.39. The summed E-state index contributed by atoms with van der Waals surface area (Å²) in [5, 5.41) is 3.07. The highest BCUT2D eigenvalue weighted by Gasteiger charge is 2.17. The summed E-state index contributed by atoms with van der Waals surface area (Å²) in [6.45, 7) is 3.91. The molecule has 128 valence electrons. The first-order valence-electron chi connectivity index (χ1n) is 8.11. The molecule has 4 nitrogen and oxygen atoms in total. The number of hydrogen-bond acceptors (Lipinski definition) is 3. The van der Waals surface area contributed by atoms with Gasteiger partial charge >= 0.3 is 0 Å². The monoisotopic (exact) mass is 327 g/mol. The van der Waals surface area contributed by atoms with Crippen molar-refractivity contribution in [1.82, 2.24) is 5.32 Å². The molecule has 0 saturated heterocycles. The number of rotatable bonds is 7. The normalized spacial score (nSPS) is 13.0. The van der Waals surface area contributed by atoms with E-state index in [9.17, 15) is 4.79 Å². The molecule has 1 N–H and O–H groups in total. The van der Waals surface area contributed by atoms with Crippen LogP contribution in [-0.4, -0.2) is 20.1 Å². The lowest BCUT2D eigenvalue weighted by Gasteiger charge is -2.19. The molecule has 0 saturated carbocycles. The van der Waals surface area contributed by atoms with Crippen molar-refractivity contribution in [1.29, 1.82) is 0 Å². The van der Waals surface area contributed by atoms with Crippen LogP contribution in [0.3, 0.4) is 0 Å². The highest BCUT2D eigenvalue weighted by atomic mass is 16.5. The van der Waals surface area contributed by atoms with Gasteiger partial charge < -0.3 is 14.8 Å². The average Bonchev–Trinajstić information content (AvgIpc) is 2.61. The topological polar surface area (TPSA) is 47.6 Å². The van der Waals surface area contributed by atoms with Gasteiger partial charge in [-0.2, -0.15) is 0 Å². The maximum absolute atomic E-state index is 12.4. The van der Waals surface area contributed by atoms with Gasteiger partial charge in [0.05, 0.1) is 20.3 Å². The molecular formula is C20H25NO3. The summed E-state index contributed by atoms with van der Waals surface area (Å²) >= 11 is 0. The number of methoxy groups -OCH3 is 2. The van der Waals surface area contributed by atoms with Crippen LogP contribution < -0.4 is 14.8 Å². The van der Waals surface area contributed by atoms with Gasteiger partial charge in [-0.15, -0.1) is 0 Å². The standard InChI is InChI=1S/C20H25NO3/c1-14(12-16-8-6-5-7-9-16)20(22)21-15(2)17-10-11-18(23-3)19(13-17)24-4/h5-11,13-15H,12H2,1-4H3,(H,21,22). The van der Waals surface area contributed by atoms with Crippen LogP contribution in [-0.2, 0) is 11.2 Å². The number of ether oxygens (including phenoxy) is 2. The van der Waals surface area contributed by atoms with Crippen molar-refractivity contribution in [2.45, 2.75) is 26.3 Å². The van der Waals surface area contributed by atoms with Crippen molar-refractivity contribution < 1.29 is 14.3 Å². The van der Waals surface area contributed by atoms with Crippen LogP contribution in [0, 0.1) is 5.92 Å².